The van der Waals surface area contributed by atoms with Crippen LogP contribution in [0.3, 0.4) is 0 Å². The standard InChI is InChI=1S/C19H19FN2O4S/c20-16-6-4-13(5-7-16)18(23)14-8-10-22(11-9-14)19(24)15-2-1-3-17(12-15)27(21,25)26/h1-7,12,14H,8-11H2,(H2,21,25,26). The maximum absolute atomic E-state index is 13.0. The van der Waals surface area contributed by atoms with Crippen LogP contribution in [0.1, 0.15) is 33.6 Å². The van der Waals surface area contributed by atoms with Crippen LogP contribution < -0.4 is 5.14 Å². The fourth-order valence-electron chi connectivity index (χ4n) is 3.18. The summed E-state index contributed by atoms with van der Waals surface area (Å²) in [4.78, 5) is 26.6. The molecule has 27 heavy (non-hydrogen) atoms. The van der Waals surface area contributed by atoms with Crippen LogP contribution >= 0.6 is 0 Å². The molecule has 0 unspecified atom stereocenters. The van der Waals surface area contributed by atoms with Crippen molar-refractivity contribution in [1.29, 1.82) is 0 Å². The van der Waals surface area contributed by atoms with Gasteiger partial charge in [-0.3, -0.25) is 9.59 Å². The number of ketones is 1. The van der Waals surface area contributed by atoms with Crippen molar-refractivity contribution in [2.75, 3.05) is 13.1 Å². The normalized spacial score (nSPS) is 15.6. The third-order valence-electron chi connectivity index (χ3n) is 4.69. The summed E-state index contributed by atoms with van der Waals surface area (Å²) in [5.41, 5.74) is 0.701. The first-order valence-electron chi connectivity index (χ1n) is 8.47. The largest absolute Gasteiger partial charge is 0.339 e. The van der Waals surface area contributed by atoms with Gasteiger partial charge in [-0.25, -0.2) is 17.9 Å². The number of carbonyl (C=O) groups is 2. The van der Waals surface area contributed by atoms with E-state index in [4.69, 9.17) is 5.14 Å². The number of primary sulfonamides is 1. The molecule has 1 aliphatic heterocycles. The molecular formula is C19H19FN2O4S. The molecule has 1 fully saturated rings. The Morgan fingerprint density at radius 2 is 1.63 bits per heavy atom. The smallest absolute Gasteiger partial charge is 0.253 e. The van der Waals surface area contributed by atoms with Crippen molar-refractivity contribution >= 4 is 21.7 Å². The van der Waals surface area contributed by atoms with E-state index in [0.717, 1.165) is 0 Å². The monoisotopic (exact) mass is 390 g/mol. The fourth-order valence-corrected chi connectivity index (χ4v) is 3.74. The topological polar surface area (TPSA) is 97.5 Å². The zero-order valence-electron chi connectivity index (χ0n) is 14.5. The summed E-state index contributed by atoms with van der Waals surface area (Å²) < 4.78 is 35.9. The Morgan fingerprint density at radius 3 is 2.22 bits per heavy atom. The predicted octanol–water partition coefficient (Wildman–Crippen LogP) is 2.21. The first-order valence-corrected chi connectivity index (χ1v) is 10.0. The van der Waals surface area contributed by atoms with E-state index in [-0.39, 0.29) is 28.1 Å². The van der Waals surface area contributed by atoms with Crippen LogP contribution in [0, 0.1) is 11.7 Å². The molecule has 0 aliphatic carbocycles. The quantitative estimate of drug-likeness (QED) is 0.810. The summed E-state index contributed by atoms with van der Waals surface area (Å²) in [6.45, 7) is 0.770. The number of hydrogen-bond acceptors (Lipinski definition) is 4. The minimum atomic E-state index is -3.89. The van der Waals surface area contributed by atoms with E-state index >= 15 is 0 Å². The predicted molar refractivity (Wildman–Crippen MR) is 97.2 cm³/mol. The fraction of sp³-hybridized carbons (Fsp3) is 0.263. The number of Topliss-reactive ketones (excluding diaryl/α,β-unsaturated/α-hetero) is 1. The number of rotatable bonds is 4. The molecule has 2 aromatic carbocycles. The molecule has 3 rings (SSSR count). The molecule has 1 amide bonds. The van der Waals surface area contributed by atoms with E-state index in [1.807, 2.05) is 0 Å². The number of carbonyl (C=O) groups excluding carboxylic acids is 2. The zero-order valence-corrected chi connectivity index (χ0v) is 15.3. The highest BCUT2D eigenvalue weighted by molar-refractivity contribution is 7.89. The van der Waals surface area contributed by atoms with Crippen molar-refractivity contribution in [3.63, 3.8) is 0 Å². The van der Waals surface area contributed by atoms with Gasteiger partial charge in [-0.15, -0.1) is 0 Å². The van der Waals surface area contributed by atoms with E-state index in [9.17, 15) is 22.4 Å². The molecule has 1 aliphatic rings. The lowest BCUT2D eigenvalue weighted by Crippen LogP contribution is -2.40. The molecule has 142 valence electrons. The van der Waals surface area contributed by atoms with Crippen LogP contribution in [-0.2, 0) is 10.0 Å². The van der Waals surface area contributed by atoms with Gasteiger partial charge >= 0.3 is 0 Å². The molecule has 0 bridgehead atoms. The first kappa shape index (κ1) is 19.2. The van der Waals surface area contributed by atoms with Crippen LogP contribution in [0.5, 0.6) is 0 Å². The summed E-state index contributed by atoms with van der Waals surface area (Å²) in [6, 6.07) is 11.0. The lowest BCUT2D eigenvalue weighted by atomic mass is 9.88. The highest BCUT2D eigenvalue weighted by Crippen LogP contribution is 2.23. The minimum Gasteiger partial charge on any atom is -0.339 e. The minimum absolute atomic E-state index is 0.0571. The number of nitrogens with two attached hydrogens (primary N) is 1. The van der Waals surface area contributed by atoms with Gasteiger partial charge in [0, 0.05) is 30.1 Å². The Kier molecular flexibility index (Phi) is 5.38. The molecule has 8 heteroatoms. The van der Waals surface area contributed by atoms with Gasteiger partial charge < -0.3 is 4.90 Å². The average Bonchev–Trinajstić information content (AvgIpc) is 2.67. The van der Waals surface area contributed by atoms with Crippen molar-refractivity contribution in [2.24, 2.45) is 11.1 Å². The second-order valence-electron chi connectivity index (χ2n) is 6.51. The van der Waals surface area contributed by atoms with Crippen LogP contribution in [-0.4, -0.2) is 38.1 Å². The van der Waals surface area contributed by atoms with Gasteiger partial charge in [0.05, 0.1) is 4.90 Å². The Morgan fingerprint density at radius 1 is 1.00 bits per heavy atom. The van der Waals surface area contributed by atoms with Crippen molar-refractivity contribution in [2.45, 2.75) is 17.7 Å². The number of piperidine rings is 1. The van der Waals surface area contributed by atoms with Crippen molar-refractivity contribution in [3.8, 4) is 0 Å². The van der Waals surface area contributed by atoms with Gasteiger partial charge in [0.2, 0.25) is 10.0 Å². The van der Waals surface area contributed by atoms with Crippen molar-refractivity contribution in [3.05, 3.63) is 65.5 Å². The summed E-state index contributed by atoms with van der Waals surface area (Å²) in [7, 11) is -3.89. The second-order valence-corrected chi connectivity index (χ2v) is 8.07. The molecule has 2 aromatic rings. The van der Waals surface area contributed by atoms with Crippen LogP contribution in [0.15, 0.2) is 53.4 Å². The maximum Gasteiger partial charge on any atom is 0.253 e. The number of likely N-dealkylation sites (tertiary alicyclic amines) is 1. The number of halogens is 1. The Labute approximate surface area is 156 Å². The summed E-state index contributed by atoms with van der Waals surface area (Å²) in [5, 5.41) is 5.11. The Balaban J connectivity index is 1.66. The molecular weight excluding hydrogens is 371 g/mol. The lowest BCUT2D eigenvalue weighted by molar-refractivity contribution is 0.0650. The molecule has 0 saturated carbocycles. The Bertz CT molecular complexity index is 965. The molecule has 0 atom stereocenters. The third kappa shape index (κ3) is 4.40. The number of benzene rings is 2. The van der Waals surface area contributed by atoms with Gasteiger partial charge in [-0.1, -0.05) is 6.07 Å². The lowest BCUT2D eigenvalue weighted by Gasteiger charge is -2.31. The zero-order chi connectivity index (χ0) is 19.6. The maximum atomic E-state index is 13.0. The molecule has 0 spiro atoms. The van der Waals surface area contributed by atoms with Crippen molar-refractivity contribution < 1.29 is 22.4 Å². The summed E-state index contributed by atoms with van der Waals surface area (Å²) >= 11 is 0. The van der Waals surface area contributed by atoms with E-state index in [1.165, 1.54) is 48.5 Å². The molecule has 0 aromatic heterocycles. The SMILES string of the molecule is NS(=O)(=O)c1cccc(C(=O)N2CCC(C(=O)c3ccc(F)cc3)CC2)c1. The van der Waals surface area contributed by atoms with Crippen LogP contribution in [0.2, 0.25) is 0 Å². The molecule has 1 heterocycles. The van der Waals surface area contributed by atoms with Gasteiger partial charge in [-0.05, 0) is 55.3 Å². The van der Waals surface area contributed by atoms with Gasteiger partial charge in [0.1, 0.15) is 5.82 Å². The Hall–Kier alpha value is -2.58. The average molecular weight is 390 g/mol. The number of amides is 1. The number of nitrogens with zero attached hydrogens (tertiary/aromatic N) is 1. The summed E-state index contributed by atoms with van der Waals surface area (Å²) in [6.07, 6.45) is 0.994. The van der Waals surface area contributed by atoms with Gasteiger partial charge in [0.15, 0.2) is 5.78 Å². The van der Waals surface area contributed by atoms with Crippen LogP contribution in [0.4, 0.5) is 4.39 Å². The highest BCUT2D eigenvalue weighted by atomic mass is 32.2. The van der Waals surface area contributed by atoms with E-state index in [0.29, 0.717) is 31.5 Å². The third-order valence-corrected chi connectivity index (χ3v) is 5.60. The van der Waals surface area contributed by atoms with E-state index in [1.54, 1.807) is 4.90 Å². The van der Waals surface area contributed by atoms with E-state index < -0.39 is 15.8 Å². The van der Waals surface area contributed by atoms with Gasteiger partial charge in [0.25, 0.3) is 5.91 Å². The van der Waals surface area contributed by atoms with Crippen LogP contribution in [0.25, 0.3) is 0 Å². The molecule has 6 nitrogen and oxygen atoms in total. The summed E-state index contributed by atoms with van der Waals surface area (Å²) in [5.74, 6) is -0.976. The molecule has 2 N–H and O–H groups in total. The molecule has 0 radical (unpaired) electrons. The highest BCUT2D eigenvalue weighted by Gasteiger charge is 2.28. The number of hydrogen-bond donors (Lipinski definition) is 1. The van der Waals surface area contributed by atoms with Gasteiger partial charge in [-0.2, -0.15) is 0 Å². The van der Waals surface area contributed by atoms with E-state index in [2.05, 4.69) is 0 Å². The molecule has 1 saturated heterocycles. The van der Waals surface area contributed by atoms with Crippen molar-refractivity contribution in [1.82, 2.24) is 4.90 Å². The number of sulfonamides is 1. The first-order chi connectivity index (χ1) is 12.8. The second kappa shape index (κ2) is 7.58.